The minimum Gasteiger partial charge on any atom is -0.504 e. The molecular formula is C40H35N3O6. The summed E-state index contributed by atoms with van der Waals surface area (Å²) in [4.78, 5) is 59.5. The molecule has 2 saturated heterocycles. The van der Waals surface area contributed by atoms with E-state index in [0.717, 1.165) is 16.1 Å². The number of phenolic OH excluding ortho intramolecular Hbond substituents is 1. The minimum atomic E-state index is -1.42. The number of imide groups is 2. The lowest BCUT2D eigenvalue weighted by molar-refractivity contribution is -0.138. The number of nitrogens with one attached hydrogen (secondary N) is 1. The first kappa shape index (κ1) is 30.6. The lowest BCUT2D eigenvalue weighted by Crippen LogP contribution is -2.53. The standard InChI is InChI=1S/C40H35N3O6/c1-23-13-16-26(17-14-23)41-43-37(46)31-22-30-28(18-19-29-34(30)38(47)42(36(29)45)27-11-7-4-8-12-27)35(24-15-20-33(49-2)32(44)21-24)40(31,39(43)48)25-9-5-3-6-10-25/h3-18,20-21,29-31,34-35,41,44H,19,22H2,1-2H3/t29-,30+,31-,34-,35-,40+/m0/s1. The summed E-state index contributed by atoms with van der Waals surface area (Å²) in [6.45, 7) is 1.96. The second-order valence-electron chi connectivity index (χ2n) is 13.4. The van der Waals surface area contributed by atoms with Gasteiger partial charge < -0.3 is 9.84 Å². The molecule has 1 saturated carbocycles. The summed E-state index contributed by atoms with van der Waals surface area (Å²) in [5.41, 5.74) is 5.91. The van der Waals surface area contributed by atoms with E-state index in [1.807, 2.05) is 79.7 Å². The number of aromatic hydroxyl groups is 1. The number of hydrazine groups is 1. The number of benzene rings is 4. The highest BCUT2D eigenvalue weighted by Crippen LogP contribution is 2.64. The highest BCUT2D eigenvalue weighted by molar-refractivity contribution is 6.22. The van der Waals surface area contributed by atoms with E-state index in [2.05, 4.69) is 5.43 Å². The molecule has 2 aliphatic carbocycles. The largest absolute Gasteiger partial charge is 0.504 e. The molecule has 8 rings (SSSR count). The summed E-state index contributed by atoms with van der Waals surface area (Å²) in [6, 6.07) is 30.7. The van der Waals surface area contributed by atoms with E-state index in [1.165, 1.54) is 12.0 Å². The highest BCUT2D eigenvalue weighted by atomic mass is 16.5. The summed E-state index contributed by atoms with van der Waals surface area (Å²) in [6.07, 6.45) is 2.51. The first-order valence-corrected chi connectivity index (χ1v) is 16.5. The van der Waals surface area contributed by atoms with Crippen molar-refractivity contribution in [2.45, 2.75) is 31.1 Å². The molecule has 4 aromatic rings. The molecule has 246 valence electrons. The highest BCUT2D eigenvalue weighted by Gasteiger charge is 2.70. The number of allylic oxidation sites excluding steroid dienone is 2. The van der Waals surface area contributed by atoms with Gasteiger partial charge in [-0.2, -0.15) is 5.01 Å². The van der Waals surface area contributed by atoms with Crippen LogP contribution in [0.5, 0.6) is 11.5 Å². The number of fused-ring (bicyclic) bond motifs is 4. The van der Waals surface area contributed by atoms with Crippen LogP contribution < -0.4 is 15.1 Å². The molecule has 2 heterocycles. The number of para-hydroxylation sites is 1. The minimum absolute atomic E-state index is 0.107. The van der Waals surface area contributed by atoms with Crippen molar-refractivity contribution in [3.05, 3.63) is 131 Å². The molecule has 0 unspecified atom stereocenters. The van der Waals surface area contributed by atoms with Gasteiger partial charge in [0.05, 0.1) is 41.7 Å². The predicted octanol–water partition coefficient (Wildman–Crippen LogP) is 5.90. The zero-order valence-corrected chi connectivity index (χ0v) is 27.1. The molecule has 2 N–H and O–H groups in total. The van der Waals surface area contributed by atoms with Crippen LogP contribution in [-0.2, 0) is 24.6 Å². The van der Waals surface area contributed by atoms with Crippen molar-refractivity contribution in [3.8, 4) is 11.5 Å². The van der Waals surface area contributed by atoms with Crippen LogP contribution >= 0.6 is 0 Å². The Morgan fingerprint density at radius 2 is 1.51 bits per heavy atom. The van der Waals surface area contributed by atoms with Gasteiger partial charge in [0.1, 0.15) is 0 Å². The summed E-state index contributed by atoms with van der Waals surface area (Å²) >= 11 is 0. The third-order valence-electron chi connectivity index (χ3n) is 10.9. The SMILES string of the molecule is COc1ccc([C@H]2C3=CC[C@@H]4C(=O)N(c5ccccc5)C(=O)[C@@H]4[C@@H]3C[C@H]3C(=O)N(Nc4ccc(C)cc4)C(=O)[C@@]23c2ccccc2)cc1O. The van der Waals surface area contributed by atoms with Crippen LogP contribution in [0, 0.1) is 30.6 Å². The normalized spacial score (nSPS) is 27.4. The Kier molecular flexibility index (Phi) is 7.17. The zero-order chi connectivity index (χ0) is 34.0. The Morgan fingerprint density at radius 3 is 2.18 bits per heavy atom. The molecule has 0 bridgehead atoms. The fourth-order valence-electron chi connectivity index (χ4n) is 8.84. The molecule has 4 aromatic carbocycles. The van der Waals surface area contributed by atoms with E-state index in [0.29, 0.717) is 28.9 Å². The molecule has 4 amide bonds. The topological polar surface area (TPSA) is 116 Å². The number of nitrogens with zero attached hydrogens (tertiary/aromatic N) is 2. The number of methoxy groups -OCH3 is 1. The van der Waals surface area contributed by atoms with Crippen LogP contribution in [0.25, 0.3) is 0 Å². The quantitative estimate of drug-likeness (QED) is 0.197. The van der Waals surface area contributed by atoms with E-state index >= 15 is 4.79 Å². The van der Waals surface area contributed by atoms with E-state index in [4.69, 9.17) is 4.74 Å². The van der Waals surface area contributed by atoms with E-state index in [-0.39, 0.29) is 29.7 Å². The Balaban J connectivity index is 1.33. The number of amides is 4. The number of anilines is 2. The first-order chi connectivity index (χ1) is 23.7. The number of carbonyl (C=O) groups excluding carboxylic acids is 4. The Hall–Kier alpha value is -5.70. The van der Waals surface area contributed by atoms with Crippen LogP contribution in [0.4, 0.5) is 11.4 Å². The van der Waals surface area contributed by atoms with Crippen LogP contribution in [0.15, 0.2) is 115 Å². The van der Waals surface area contributed by atoms with Gasteiger partial charge in [0.2, 0.25) is 11.8 Å². The van der Waals surface area contributed by atoms with Crippen molar-refractivity contribution in [3.63, 3.8) is 0 Å². The first-order valence-electron chi connectivity index (χ1n) is 16.5. The van der Waals surface area contributed by atoms with Gasteiger partial charge in [-0.3, -0.25) is 29.5 Å². The lowest BCUT2D eigenvalue weighted by atomic mass is 9.49. The lowest BCUT2D eigenvalue weighted by Gasteiger charge is -2.50. The van der Waals surface area contributed by atoms with Gasteiger partial charge in [-0.25, -0.2) is 0 Å². The number of phenols is 1. The van der Waals surface area contributed by atoms with Crippen molar-refractivity contribution in [1.82, 2.24) is 5.01 Å². The molecule has 2 aliphatic heterocycles. The number of hydrogen-bond donors (Lipinski definition) is 2. The molecule has 9 heteroatoms. The number of hydrogen-bond acceptors (Lipinski definition) is 7. The maximum Gasteiger partial charge on any atom is 0.260 e. The second kappa shape index (κ2) is 11.5. The van der Waals surface area contributed by atoms with Crippen molar-refractivity contribution in [2.75, 3.05) is 17.4 Å². The van der Waals surface area contributed by atoms with Crippen molar-refractivity contribution in [2.24, 2.45) is 23.7 Å². The van der Waals surface area contributed by atoms with Crippen LogP contribution in [0.3, 0.4) is 0 Å². The molecule has 9 nitrogen and oxygen atoms in total. The van der Waals surface area contributed by atoms with Gasteiger partial charge >= 0.3 is 0 Å². The van der Waals surface area contributed by atoms with Gasteiger partial charge in [-0.05, 0) is 73.2 Å². The molecule has 0 aromatic heterocycles. The van der Waals surface area contributed by atoms with Crippen molar-refractivity contribution >= 4 is 35.0 Å². The number of carbonyl (C=O) groups is 4. The van der Waals surface area contributed by atoms with Crippen molar-refractivity contribution < 1.29 is 29.0 Å². The number of aryl methyl sites for hydroxylation is 1. The predicted molar refractivity (Wildman–Crippen MR) is 182 cm³/mol. The van der Waals surface area contributed by atoms with Crippen LogP contribution in [0.2, 0.25) is 0 Å². The maximum atomic E-state index is 15.2. The molecule has 4 aliphatic rings. The molecular weight excluding hydrogens is 618 g/mol. The summed E-state index contributed by atoms with van der Waals surface area (Å²) in [5, 5.41) is 12.2. The summed E-state index contributed by atoms with van der Waals surface area (Å²) in [5.74, 6) is -4.66. The molecule has 0 radical (unpaired) electrons. The third-order valence-corrected chi connectivity index (χ3v) is 10.9. The fraction of sp³-hybridized carbons (Fsp3) is 0.250. The Bertz CT molecular complexity index is 2030. The monoisotopic (exact) mass is 653 g/mol. The van der Waals surface area contributed by atoms with E-state index < -0.39 is 46.8 Å². The summed E-state index contributed by atoms with van der Waals surface area (Å²) < 4.78 is 5.37. The number of ether oxygens (including phenoxy) is 1. The number of rotatable bonds is 6. The average Bonchev–Trinajstić information content (AvgIpc) is 3.50. The van der Waals surface area contributed by atoms with Gasteiger partial charge in [-0.1, -0.05) is 83.9 Å². The zero-order valence-electron chi connectivity index (χ0n) is 27.1. The van der Waals surface area contributed by atoms with Gasteiger partial charge in [0.15, 0.2) is 11.5 Å². The maximum absolute atomic E-state index is 15.2. The summed E-state index contributed by atoms with van der Waals surface area (Å²) in [7, 11) is 1.46. The van der Waals surface area contributed by atoms with Gasteiger partial charge in [-0.15, -0.1) is 0 Å². The van der Waals surface area contributed by atoms with Crippen LogP contribution in [0.1, 0.15) is 35.4 Å². The Labute approximate surface area is 283 Å². The fourth-order valence-corrected chi connectivity index (χ4v) is 8.84. The molecule has 49 heavy (non-hydrogen) atoms. The molecule has 3 fully saturated rings. The van der Waals surface area contributed by atoms with Gasteiger partial charge in [0.25, 0.3) is 11.8 Å². The second-order valence-corrected chi connectivity index (χ2v) is 13.4. The van der Waals surface area contributed by atoms with E-state index in [1.54, 1.807) is 36.4 Å². The molecule has 6 atom stereocenters. The van der Waals surface area contributed by atoms with Crippen LogP contribution in [-0.4, -0.2) is 40.9 Å². The third kappa shape index (κ3) is 4.45. The Morgan fingerprint density at radius 1 is 0.816 bits per heavy atom. The smallest absolute Gasteiger partial charge is 0.260 e. The average molecular weight is 654 g/mol. The van der Waals surface area contributed by atoms with E-state index in [9.17, 15) is 19.5 Å². The molecule has 0 spiro atoms. The van der Waals surface area contributed by atoms with Gasteiger partial charge in [0, 0.05) is 5.92 Å². The van der Waals surface area contributed by atoms with Crippen molar-refractivity contribution in [1.29, 1.82) is 0 Å².